The van der Waals surface area contributed by atoms with E-state index in [1.807, 2.05) is 51.1 Å². The molecule has 28 heavy (non-hydrogen) atoms. The molecule has 158 valence electrons. The van der Waals surface area contributed by atoms with E-state index in [-0.39, 0.29) is 11.0 Å². The average Bonchev–Trinajstić information content (AvgIpc) is 2.88. The fraction of sp³-hybridized carbons (Fsp3) is 0.682. The van der Waals surface area contributed by atoms with Gasteiger partial charge in [-0.15, -0.1) is 0 Å². The summed E-state index contributed by atoms with van der Waals surface area (Å²) in [5.74, 6) is -0.151. The summed E-state index contributed by atoms with van der Waals surface area (Å²) in [6, 6.07) is 9.44. The molecule has 1 saturated heterocycles. The smallest absolute Gasteiger partial charge is 0.410 e. The van der Waals surface area contributed by atoms with E-state index in [1.165, 1.54) is 0 Å². The van der Waals surface area contributed by atoms with Crippen molar-refractivity contribution >= 4 is 14.4 Å². The third kappa shape index (κ3) is 5.36. The summed E-state index contributed by atoms with van der Waals surface area (Å²) in [5, 5.41) is 11.2. The molecule has 1 aliphatic heterocycles. The van der Waals surface area contributed by atoms with Gasteiger partial charge in [-0.1, -0.05) is 51.1 Å². The van der Waals surface area contributed by atoms with Crippen LogP contribution in [0.5, 0.6) is 0 Å². The first-order valence-corrected chi connectivity index (χ1v) is 13.0. The number of carbonyl (C=O) groups is 1. The number of rotatable bonds is 4. The van der Waals surface area contributed by atoms with Gasteiger partial charge >= 0.3 is 6.09 Å². The third-order valence-corrected chi connectivity index (χ3v) is 10.4. The van der Waals surface area contributed by atoms with E-state index in [4.69, 9.17) is 9.16 Å². The highest BCUT2D eigenvalue weighted by Gasteiger charge is 2.47. The quantitative estimate of drug-likeness (QED) is 0.730. The molecule has 0 radical (unpaired) electrons. The van der Waals surface area contributed by atoms with Crippen LogP contribution in [0.15, 0.2) is 30.3 Å². The molecule has 1 aromatic carbocycles. The predicted molar refractivity (Wildman–Crippen MR) is 115 cm³/mol. The fourth-order valence-electron chi connectivity index (χ4n) is 3.14. The summed E-state index contributed by atoms with van der Waals surface area (Å²) in [6.45, 7) is 17.2. The Labute approximate surface area is 171 Å². The zero-order chi connectivity index (χ0) is 21.3. The van der Waals surface area contributed by atoms with Crippen molar-refractivity contribution in [2.24, 2.45) is 0 Å². The Morgan fingerprint density at radius 2 is 1.71 bits per heavy atom. The summed E-state index contributed by atoms with van der Waals surface area (Å²) >= 11 is 0. The molecule has 1 aromatic rings. The molecule has 1 heterocycles. The number of hydrogen-bond donors (Lipinski definition) is 1. The van der Waals surface area contributed by atoms with E-state index in [0.29, 0.717) is 13.2 Å². The molecule has 0 spiro atoms. The van der Waals surface area contributed by atoms with Crippen molar-refractivity contribution in [2.45, 2.75) is 83.3 Å². The molecule has 0 aromatic heterocycles. The van der Waals surface area contributed by atoms with Crippen molar-refractivity contribution in [3.63, 3.8) is 0 Å². The van der Waals surface area contributed by atoms with Crippen LogP contribution in [-0.2, 0) is 9.16 Å². The zero-order valence-corrected chi connectivity index (χ0v) is 19.7. The van der Waals surface area contributed by atoms with E-state index in [2.05, 4.69) is 33.9 Å². The van der Waals surface area contributed by atoms with Crippen molar-refractivity contribution in [2.75, 3.05) is 13.2 Å². The first kappa shape index (κ1) is 22.9. The average molecular weight is 408 g/mol. The molecule has 1 N–H and O–H groups in total. The Bertz CT molecular complexity index is 663. The van der Waals surface area contributed by atoms with E-state index < -0.39 is 32.2 Å². The standard InChI is InChI=1S/C22H37NO4Si/c1-21(2,3)27-20(25)23-14-17(16-12-10-9-11-13-16)19(24)18(23)15-26-28(7,8)22(4,5)6/h9-13,17-19,24H,14-15H2,1-8H3. The molecule has 0 aliphatic carbocycles. The van der Waals surface area contributed by atoms with Gasteiger partial charge < -0.3 is 14.3 Å². The maximum atomic E-state index is 12.9. The van der Waals surface area contributed by atoms with Crippen molar-refractivity contribution in [3.05, 3.63) is 35.9 Å². The largest absolute Gasteiger partial charge is 0.444 e. The maximum Gasteiger partial charge on any atom is 0.410 e. The first-order valence-electron chi connectivity index (χ1n) is 10.1. The molecule has 0 saturated carbocycles. The number of hydrogen-bond acceptors (Lipinski definition) is 4. The number of benzene rings is 1. The molecule has 3 atom stereocenters. The van der Waals surface area contributed by atoms with Crippen LogP contribution in [0.2, 0.25) is 18.1 Å². The van der Waals surface area contributed by atoms with Gasteiger partial charge in [0.05, 0.1) is 18.8 Å². The predicted octanol–water partition coefficient (Wildman–Crippen LogP) is 4.77. The Morgan fingerprint density at radius 3 is 2.21 bits per heavy atom. The van der Waals surface area contributed by atoms with E-state index in [9.17, 15) is 9.90 Å². The monoisotopic (exact) mass is 407 g/mol. The van der Waals surface area contributed by atoms with Gasteiger partial charge in [0.25, 0.3) is 0 Å². The summed E-state index contributed by atoms with van der Waals surface area (Å²) in [7, 11) is -2.00. The number of ether oxygens (including phenoxy) is 1. The fourth-order valence-corrected chi connectivity index (χ4v) is 4.16. The lowest BCUT2D eigenvalue weighted by atomic mass is 9.94. The second-order valence-corrected chi connectivity index (χ2v) is 15.1. The number of carbonyl (C=O) groups excluding carboxylic acids is 1. The Hall–Kier alpha value is -1.37. The van der Waals surface area contributed by atoms with Gasteiger partial charge in [-0.25, -0.2) is 4.79 Å². The van der Waals surface area contributed by atoms with Crippen LogP contribution in [0.1, 0.15) is 53.0 Å². The van der Waals surface area contributed by atoms with Crippen molar-refractivity contribution in [3.8, 4) is 0 Å². The van der Waals surface area contributed by atoms with Gasteiger partial charge in [-0.2, -0.15) is 0 Å². The molecular formula is C22H37NO4Si. The minimum absolute atomic E-state index is 0.0616. The summed E-state index contributed by atoms with van der Waals surface area (Å²) < 4.78 is 12.0. The van der Waals surface area contributed by atoms with Gasteiger partial charge in [-0.05, 0) is 44.5 Å². The highest BCUT2D eigenvalue weighted by molar-refractivity contribution is 6.74. The highest BCUT2D eigenvalue weighted by Crippen LogP contribution is 2.38. The SMILES string of the molecule is CC(C)(C)OC(=O)N1CC(c2ccccc2)C(O)C1CO[Si](C)(C)C(C)(C)C. The van der Waals surface area contributed by atoms with Crippen LogP contribution in [0.3, 0.4) is 0 Å². The zero-order valence-electron chi connectivity index (χ0n) is 18.7. The van der Waals surface area contributed by atoms with E-state index in [1.54, 1.807) is 4.90 Å². The molecular weight excluding hydrogens is 370 g/mol. The maximum absolute atomic E-state index is 12.9. The van der Waals surface area contributed by atoms with Crippen LogP contribution >= 0.6 is 0 Å². The lowest BCUT2D eigenvalue weighted by molar-refractivity contribution is 0.00738. The summed E-state index contributed by atoms with van der Waals surface area (Å²) in [5.41, 5.74) is 0.441. The minimum Gasteiger partial charge on any atom is -0.444 e. The van der Waals surface area contributed by atoms with Crippen LogP contribution in [0.4, 0.5) is 4.79 Å². The van der Waals surface area contributed by atoms with E-state index >= 15 is 0 Å². The van der Waals surface area contributed by atoms with E-state index in [0.717, 1.165) is 5.56 Å². The van der Waals surface area contributed by atoms with Crippen molar-refractivity contribution in [1.29, 1.82) is 0 Å². The van der Waals surface area contributed by atoms with Crippen LogP contribution in [0, 0.1) is 0 Å². The second kappa shape index (κ2) is 8.17. The number of amides is 1. The molecule has 1 amide bonds. The van der Waals surface area contributed by atoms with Gasteiger partial charge in [0.1, 0.15) is 5.60 Å². The normalized spacial score (nSPS) is 23.8. The molecule has 2 rings (SSSR count). The first-order chi connectivity index (χ1) is 12.7. The van der Waals surface area contributed by atoms with Crippen LogP contribution in [-0.4, -0.2) is 55.3 Å². The third-order valence-electron chi connectivity index (χ3n) is 5.88. The Balaban J connectivity index is 2.25. The van der Waals surface area contributed by atoms with Gasteiger partial charge in [0.2, 0.25) is 0 Å². The van der Waals surface area contributed by atoms with Crippen molar-refractivity contribution in [1.82, 2.24) is 4.90 Å². The molecule has 6 heteroatoms. The van der Waals surface area contributed by atoms with Gasteiger partial charge in [-0.3, -0.25) is 4.90 Å². The lowest BCUT2D eigenvalue weighted by Gasteiger charge is -2.38. The summed E-state index contributed by atoms with van der Waals surface area (Å²) in [6.07, 6.45) is -1.09. The van der Waals surface area contributed by atoms with Crippen LogP contribution < -0.4 is 0 Å². The Kier molecular flexibility index (Phi) is 6.68. The minimum atomic E-state index is -2.00. The van der Waals surface area contributed by atoms with Gasteiger partial charge in [0.15, 0.2) is 8.32 Å². The number of nitrogens with zero attached hydrogens (tertiary/aromatic N) is 1. The molecule has 1 aliphatic rings. The second-order valence-electron chi connectivity index (χ2n) is 10.3. The molecule has 1 fully saturated rings. The molecule has 0 bridgehead atoms. The summed E-state index contributed by atoms with van der Waals surface area (Å²) in [4.78, 5) is 14.5. The lowest BCUT2D eigenvalue weighted by Crippen LogP contribution is -2.49. The van der Waals surface area contributed by atoms with Gasteiger partial charge in [0, 0.05) is 12.5 Å². The van der Waals surface area contributed by atoms with Crippen molar-refractivity contribution < 1.29 is 19.1 Å². The molecule has 3 unspecified atom stereocenters. The van der Waals surface area contributed by atoms with Crippen LogP contribution in [0.25, 0.3) is 0 Å². The topological polar surface area (TPSA) is 59.0 Å². The number of aliphatic hydroxyl groups excluding tert-OH is 1. The molecule has 5 nitrogen and oxygen atoms in total. The highest BCUT2D eigenvalue weighted by atomic mass is 28.4. The number of likely N-dealkylation sites (tertiary alicyclic amines) is 1. The Morgan fingerprint density at radius 1 is 1.14 bits per heavy atom. The number of aliphatic hydroxyl groups is 1.